The Bertz CT molecular complexity index is 554. The highest BCUT2D eigenvalue weighted by Crippen LogP contribution is 2.20. The van der Waals surface area contributed by atoms with E-state index in [0.29, 0.717) is 25.5 Å². The van der Waals surface area contributed by atoms with Crippen LogP contribution in [0.4, 0.5) is 10.1 Å². The number of nitrogens with one attached hydrogen (secondary N) is 1. The molecule has 154 valence electrons. The van der Waals surface area contributed by atoms with Crippen molar-refractivity contribution >= 4 is 35.6 Å². The van der Waals surface area contributed by atoms with Crippen LogP contribution in [-0.2, 0) is 9.47 Å². The molecule has 1 aliphatic rings. The summed E-state index contributed by atoms with van der Waals surface area (Å²) in [4.78, 5) is 9.04. The average molecular weight is 494 g/mol. The second-order valence-electron chi connectivity index (χ2n) is 6.12. The summed E-state index contributed by atoms with van der Waals surface area (Å²) >= 11 is 0. The number of rotatable bonds is 9. The number of ether oxygens (including phenoxy) is 2. The van der Waals surface area contributed by atoms with Crippen LogP contribution in [0.15, 0.2) is 29.3 Å². The van der Waals surface area contributed by atoms with Crippen LogP contribution < -0.4 is 10.2 Å². The summed E-state index contributed by atoms with van der Waals surface area (Å²) in [5.74, 6) is 0.771. The van der Waals surface area contributed by atoms with Gasteiger partial charge < -0.3 is 24.6 Å². The van der Waals surface area contributed by atoms with Crippen LogP contribution in [0.25, 0.3) is 0 Å². The molecule has 0 aromatic heterocycles. The topological polar surface area (TPSA) is 49.3 Å². The van der Waals surface area contributed by atoms with Crippen LogP contribution in [-0.4, -0.2) is 77.1 Å². The molecule has 0 amide bonds. The van der Waals surface area contributed by atoms with Crippen LogP contribution in [0.2, 0.25) is 0 Å². The summed E-state index contributed by atoms with van der Waals surface area (Å²) in [7, 11) is 1.67. The lowest BCUT2D eigenvalue weighted by molar-refractivity contribution is 0.0702. The Kier molecular flexibility index (Phi) is 12.4. The quantitative estimate of drug-likeness (QED) is 0.248. The van der Waals surface area contributed by atoms with Gasteiger partial charge in [0.25, 0.3) is 0 Å². The van der Waals surface area contributed by atoms with Crippen molar-refractivity contribution in [1.82, 2.24) is 10.2 Å². The fourth-order valence-corrected chi connectivity index (χ4v) is 2.89. The van der Waals surface area contributed by atoms with E-state index in [9.17, 15) is 4.39 Å². The molecule has 1 N–H and O–H groups in total. The lowest BCUT2D eigenvalue weighted by Crippen LogP contribution is -2.52. The number of aliphatic imine (C=N–C) groups is 1. The molecular weight excluding hydrogens is 462 g/mol. The van der Waals surface area contributed by atoms with Gasteiger partial charge in [-0.15, -0.1) is 24.0 Å². The second-order valence-corrected chi connectivity index (χ2v) is 6.12. The number of para-hydroxylation sites is 1. The molecule has 0 saturated carbocycles. The number of benzene rings is 1. The molecular formula is C19H32FIN4O2. The predicted octanol–water partition coefficient (Wildman–Crippen LogP) is 2.58. The molecule has 27 heavy (non-hydrogen) atoms. The number of methoxy groups -OCH3 is 1. The molecule has 0 radical (unpaired) electrons. The Hall–Kier alpha value is -1.13. The molecule has 1 heterocycles. The van der Waals surface area contributed by atoms with Crippen LogP contribution in [0.3, 0.4) is 0 Å². The molecule has 0 bridgehead atoms. The fourth-order valence-electron chi connectivity index (χ4n) is 2.89. The van der Waals surface area contributed by atoms with Crippen LogP contribution in [0.5, 0.6) is 0 Å². The van der Waals surface area contributed by atoms with Gasteiger partial charge in [0.2, 0.25) is 0 Å². The lowest BCUT2D eigenvalue weighted by atomic mass is 10.2. The summed E-state index contributed by atoms with van der Waals surface area (Å²) in [5, 5.41) is 3.35. The molecule has 1 saturated heterocycles. The van der Waals surface area contributed by atoms with Gasteiger partial charge in [0.1, 0.15) is 5.82 Å². The van der Waals surface area contributed by atoms with Gasteiger partial charge in [0.15, 0.2) is 5.96 Å². The van der Waals surface area contributed by atoms with E-state index in [2.05, 4.69) is 22.0 Å². The largest absolute Gasteiger partial charge is 0.382 e. The molecule has 2 rings (SSSR count). The first-order chi connectivity index (χ1) is 12.8. The normalized spacial score (nSPS) is 14.9. The highest BCUT2D eigenvalue weighted by molar-refractivity contribution is 14.0. The van der Waals surface area contributed by atoms with Gasteiger partial charge in [-0.05, 0) is 25.5 Å². The summed E-state index contributed by atoms with van der Waals surface area (Å²) in [5.41, 5.74) is 0.683. The highest BCUT2D eigenvalue weighted by atomic mass is 127. The Morgan fingerprint density at radius 2 is 1.89 bits per heavy atom. The van der Waals surface area contributed by atoms with Crippen molar-refractivity contribution in [3.05, 3.63) is 30.1 Å². The molecule has 1 aromatic rings. The van der Waals surface area contributed by atoms with E-state index < -0.39 is 0 Å². The van der Waals surface area contributed by atoms with Gasteiger partial charge in [-0.1, -0.05) is 12.1 Å². The minimum Gasteiger partial charge on any atom is -0.382 e. The van der Waals surface area contributed by atoms with Crippen molar-refractivity contribution in [2.24, 2.45) is 4.99 Å². The minimum absolute atomic E-state index is 0. The van der Waals surface area contributed by atoms with Crippen molar-refractivity contribution in [2.75, 3.05) is 71.1 Å². The first-order valence-corrected chi connectivity index (χ1v) is 9.35. The van der Waals surface area contributed by atoms with E-state index in [1.165, 1.54) is 6.07 Å². The Labute approximate surface area is 179 Å². The Morgan fingerprint density at radius 3 is 2.56 bits per heavy atom. The smallest absolute Gasteiger partial charge is 0.194 e. The van der Waals surface area contributed by atoms with Gasteiger partial charge in [-0.25, -0.2) is 4.39 Å². The third-order valence-corrected chi connectivity index (χ3v) is 4.25. The van der Waals surface area contributed by atoms with Crippen molar-refractivity contribution in [2.45, 2.75) is 13.3 Å². The molecule has 0 spiro atoms. The van der Waals surface area contributed by atoms with Crippen LogP contribution in [0.1, 0.15) is 13.3 Å². The summed E-state index contributed by atoms with van der Waals surface area (Å²) in [6.45, 7) is 8.77. The maximum Gasteiger partial charge on any atom is 0.194 e. The average Bonchev–Trinajstić information content (AvgIpc) is 2.67. The van der Waals surface area contributed by atoms with E-state index in [1.54, 1.807) is 13.2 Å². The third-order valence-electron chi connectivity index (χ3n) is 4.25. The zero-order valence-electron chi connectivity index (χ0n) is 16.3. The highest BCUT2D eigenvalue weighted by Gasteiger charge is 2.21. The Balaban J connectivity index is 0.00000364. The van der Waals surface area contributed by atoms with Crippen molar-refractivity contribution in [3.8, 4) is 0 Å². The number of piperazine rings is 1. The maximum atomic E-state index is 14.0. The minimum atomic E-state index is -0.157. The number of guanidine groups is 1. The van der Waals surface area contributed by atoms with Crippen molar-refractivity contribution in [1.29, 1.82) is 0 Å². The van der Waals surface area contributed by atoms with Gasteiger partial charge in [-0.2, -0.15) is 0 Å². The number of hydrogen-bond donors (Lipinski definition) is 1. The third kappa shape index (κ3) is 8.18. The van der Waals surface area contributed by atoms with Crippen molar-refractivity contribution < 1.29 is 13.9 Å². The Morgan fingerprint density at radius 1 is 1.15 bits per heavy atom. The fraction of sp³-hybridized carbons (Fsp3) is 0.632. The molecule has 0 aliphatic carbocycles. The maximum absolute atomic E-state index is 14.0. The van der Waals surface area contributed by atoms with Crippen LogP contribution >= 0.6 is 24.0 Å². The molecule has 0 unspecified atom stereocenters. The number of anilines is 1. The second kappa shape index (κ2) is 14.0. The first kappa shape index (κ1) is 23.9. The lowest BCUT2D eigenvalue weighted by Gasteiger charge is -2.37. The van der Waals surface area contributed by atoms with Gasteiger partial charge in [0, 0.05) is 53.0 Å². The molecule has 0 atom stereocenters. The zero-order chi connectivity index (χ0) is 18.6. The molecule has 1 aliphatic heterocycles. The van der Waals surface area contributed by atoms with E-state index in [-0.39, 0.29) is 29.8 Å². The van der Waals surface area contributed by atoms with E-state index in [4.69, 9.17) is 14.5 Å². The van der Waals surface area contributed by atoms with Gasteiger partial charge >= 0.3 is 0 Å². The molecule has 6 nitrogen and oxygen atoms in total. The predicted molar refractivity (Wildman–Crippen MR) is 119 cm³/mol. The summed E-state index contributed by atoms with van der Waals surface area (Å²) < 4.78 is 24.4. The zero-order valence-corrected chi connectivity index (χ0v) is 18.7. The van der Waals surface area contributed by atoms with Gasteiger partial charge in [0.05, 0.1) is 18.9 Å². The molecule has 1 fully saturated rings. The van der Waals surface area contributed by atoms with E-state index in [1.807, 2.05) is 12.1 Å². The monoisotopic (exact) mass is 494 g/mol. The number of hydrogen-bond acceptors (Lipinski definition) is 4. The summed E-state index contributed by atoms with van der Waals surface area (Å²) in [6, 6.07) is 6.96. The SMILES string of the molecule is CCNC(=NCCCOCCOC)N1CCN(c2ccccc2F)CC1.I. The van der Waals surface area contributed by atoms with E-state index in [0.717, 1.165) is 51.6 Å². The molecule has 8 heteroatoms. The van der Waals surface area contributed by atoms with Gasteiger partial charge in [-0.3, -0.25) is 4.99 Å². The van der Waals surface area contributed by atoms with Crippen LogP contribution in [0, 0.1) is 5.82 Å². The number of nitrogens with zero attached hydrogens (tertiary/aromatic N) is 3. The first-order valence-electron chi connectivity index (χ1n) is 9.35. The standard InChI is InChI=1S/C19H31FN4O2.HI/c1-3-21-19(22-9-6-14-26-16-15-25-2)24-12-10-23(11-13-24)18-8-5-4-7-17(18)20;/h4-5,7-8H,3,6,9-16H2,1-2H3,(H,21,22);1H. The van der Waals surface area contributed by atoms with E-state index >= 15 is 0 Å². The van der Waals surface area contributed by atoms with Crippen molar-refractivity contribution in [3.63, 3.8) is 0 Å². The molecule has 1 aromatic carbocycles. The summed E-state index contributed by atoms with van der Waals surface area (Å²) in [6.07, 6.45) is 0.883. The number of halogens is 2.